The van der Waals surface area contributed by atoms with E-state index in [1.54, 1.807) is 4.90 Å². The van der Waals surface area contributed by atoms with Crippen molar-refractivity contribution in [1.29, 1.82) is 0 Å². The van der Waals surface area contributed by atoms with E-state index in [2.05, 4.69) is 5.32 Å². The highest BCUT2D eigenvalue weighted by Crippen LogP contribution is 2.30. The lowest BCUT2D eigenvalue weighted by molar-refractivity contribution is -0.135. The van der Waals surface area contributed by atoms with Gasteiger partial charge in [0.15, 0.2) is 11.5 Å². The standard InChI is InChI=1S/C20H30N2O4/c1-4-25-17-11-10-16(13-18(17)26-5-2)15(3)21-19(23)14-22-12-8-6-7-9-20(22)24/h10-11,13,15H,4-9,12,14H2,1-3H3,(H,21,23). The van der Waals surface area contributed by atoms with Crippen LogP contribution in [0.1, 0.15) is 58.1 Å². The number of carbonyl (C=O) groups is 2. The number of ether oxygens (including phenoxy) is 2. The molecular weight excluding hydrogens is 332 g/mol. The van der Waals surface area contributed by atoms with Crippen LogP contribution in [0.5, 0.6) is 11.5 Å². The third kappa shape index (κ3) is 5.64. The molecule has 2 rings (SSSR count). The van der Waals surface area contributed by atoms with Crippen molar-refractivity contribution in [3.8, 4) is 11.5 Å². The van der Waals surface area contributed by atoms with Crippen LogP contribution in [-0.2, 0) is 9.59 Å². The molecule has 0 spiro atoms. The van der Waals surface area contributed by atoms with E-state index in [0.717, 1.165) is 24.8 Å². The van der Waals surface area contributed by atoms with E-state index < -0.39 is 0 Å². The summed E-state index contributed by atoms with van der Waals surface area (Å²) in [6.45, 7) is 7.67. The maximum atomic E-state index is 12.4. The summed E-state index contributed by atoms with van der Waals surface area (Å²) in [5.74, 6) is 1.31. The first-order valence-corrected chi connectivity index (χ1v) is 9.51. The molecule has 144 valence electrons. The predicted molar refractivity (Wildman–Crippen MR) is 100 cm³/mol. The average molecular weight is 362 g/mol. The van der Waals surface area contributed by atoms with Crippen molar-refractivity contribution in [3.05, 3.63) is 23.8 Å². The maximum absolute atomic E-state index is 12.4. The van der Waals surface area contributed by atoms with Crippen molar-refractivity contribution in [2.24, 2.45) is 0 Å². The molecule has 6 heteroatoms. The van der Waals surface area contributed by atoms with E-state index in [4.69, 9.17) is 9.47 Å². The van der Waals surface area contributed by atoms with Gasteiger partial charge in [-0.1, -0.05) is 12.5 Å². The van der Waals surface area contributed by atoms with Crippen LogP contribution in [0, 0.1) is 0 Å². The van der Waals surface area contributed by atoms with Crippen molar-refractivity contribution in [2.75, 3.05) is 26.3 Å². The number of nitrogens with zero attached hydrogens (tertiary/aromatic N) is 1. The number of carbonyl (C=O) groups excluding carboxylic acids is 2. The number of hydrogen-bond acceptors (Lipinski definition) is 4. The Morgan fingerprint density at radius 1 is 1.15 bits per heavy atom. The molecule has 2 amide bonds. The number of likely N-dealkylation sites (tertiary alicyclic amines) is 1. The molecule has 0 aliphatic carbocycles. The topological polar surface area (TPSA) is 67.9 Å². The fourth-order valence-electron chi connectivity index (χ4n) is 3.09. The summed E-state index contributed by atoms with van der Waals surface area (Å²) in [5, 5.41) is 2.98. The highest BCUT2D eigenvalue weighted by atomic mass is 16.5. The Hall–Kier alpha value is -2.24. The van der Waals surface area contributed by atoms with E-state index in [9.17, 15) is 9.59 Å². The van der Waals surface area contributed by atoms with Crippen LogP contribution in [0.15, 0.2) is 18.2 Å². The lowest BCUT2D eigenvalue weighted by Crippen LogP contribution is -2.41. The first kappa shape index (κ1) is 20.1. The third-order valence-corrected chi connectivity index (χ3v) is 4.45. The fourth-order valence-corrected chi connectivity index (χ4v) is 3.09. The second-order valence-corrected chi connectivity index (χ2v) is 6.49. The van der Waals surface area contributed by atoms with Crippen LogP contribution in [-0.4, -0.2) is 43.0 Å². The number of nitrogens with one attached hydrogen (secondary N) is 1. The molecule has 1 N–H and O–H groups in total. The van der Waals surface area contributed by atoms with E-state index in [1.807, 2.05) is 39.0 Å². The minimum atomic E-state index is -0.181. The molecule has 26 heavy (non-hydrogen) atoms. The van der Waals surface area contributed by atoms with Gasteiger partial charge in [-0.3, -0.25) is 9.59 Å². The zero-order chi connectivity index (χ0) is 18.9. The first-order chi connectivity index (χ1) is 12.5. The molecule has 0 radical (unpaired) electrons. The Balaban J connectivity index is 1.99. The summed E-state index contributed by atoms with van der Waals surface area (Å²) >= 11 is 0. The monoisotopic (exact) mass is 362 g/mol. The summed E-state index contributed by atoms with van der Waals surface area (Å²) in [5.41, 5.74) is 0.937. The molecule has 1 saturated heterocycles. The number of hydrogen-bond donors (Lipinski definition) is 1. The Labute approximate surface area is 155 Å². The molecule has 1 aliphatic rings. The number of benzene rings is 1. The zero-order valence-electron chi connectivity index (χ0n) is 16.0. The van der Waals surface area contributed by atoms with Crippen molar-refractivity contribution in [3.63, 3.8) is 0 Å². The Kier molecular flexibility index (Phi) is 7.75. The summed E-state index contributed by atoms with van der Waals surface area (Å²) in [6, 6.07) is 5.51. The highest BCUT2D eigenvalue weighted by molar-refractivity contribution is 5.85. The van der Waals surface area contributed by atoms with Gasteiger partial charge >= 0.3 is 0 Å². The Morgan fingerprint density at radius 3 is 2.62 bits per heavy atom. The second kappa shape index (κ2) is 10.0. The van der Waals surface area contributed by atoms with Crippen molar-refractivity contribution < 1.29 is 19.1 Å². The summed E-state index contributed by atoms with van der Waals surface area (Å²) < 4.78 is 11.2. The van der Waals surface area contributed by atoms with E-state index >= 15 is 0 Å². The molecular formula is C20H30N2O4. The lowest BCUT2D eigenvalue weighted by Gasteiger charge is -2.22. The third-order valence-electron chi connectivity index (χ3n) is 4.45. The summed E-state index contributed by atoms with van der Waals surface area (Å²) in [6.07, 6.45) is 3.47. The van der Waals surface area contributed by atoms with Gasteiger partial charge in [0, 0.05) is 13.0 Å². The lowest BCUT2D eigenvalue weighted by atomic mass is 10.1. The smallest absolute Gasteiger partial charge is 0.240 e. The first-order valence-electron chi connectivity index (χ1n) is 9.51. The Morgan fingerprint density at radius 2 is 1.88 bits per heavy atom. The average Bonchev–Trinajstić information content (AvgIpc) is 2.81. The normalized spacial score (nSPS) is 16.0. The van der Waals surface area contributed by atoms with Crippen LogP contribution in [0.3, 0.4) is 0 Å². The van der Waals surface area contributed by atoms with Gasteiger partial charge < -0.3 is 19.7 Å². The zero-order valence-corrected chi connectivity index (χ0v) is 16.0. The van der Waals surface area contributed by atoms with Gasteiger partial charge in [-0.15, -0.1) is 0 Å². The molecule has 0 bridgehead atoms. The maximum Gasteiger partial charge on any atom is 0.240 e. The number of rotatable bonds is 8. The largest absolute Gasteiger partial charge is 0.490 e. The van der Waals surface area contributed by atoms with Gasteiger partial charge in [-0.05, 0) is 51.3 Å². The SMILES string of the molecule is CCOc1ccc(C(C)NC(=O)CN2CCCCCC2=O)cc1OCC. The molecule has 1 aromatic carbocycles. The summed E-state index contributed by atoms with van der Waals surface area (Å²) in [4.78, 5) is 26.1. The van der Waals surface area contributed by atoms with Crippen LogP contribution in [0.4, 0.5) is 0 Å². The van der Waals surface area contributed by atoms with Gasteiger partial charge in [-0.2, -0.15) is 0 Å². The van der Waals surface area contributed by atoms with Gasteiger partial charge in [0.25, 0.3) is 0 Å². The minimum Gasteiger partial charge on any atom is -0.490 e. The molecule has 1 heterocycles. The molecule has 1 aliphatic heterocycles. The van der Waals surface area contributed by atoms with Gasteiger partial charge in [0.1, 0.15) is 0 Å². The predicted octanol–water partition coefficient (Wildman–Crippen LogP) is 3.06. The van der Waals surface area contributed by atoms with Crippen molar-refractivity contribution in [2.45, 2.75) is 52.5 Å². The van der Waals surface area contributed by atoms with Crippen LogP contribution in [0.2, 0.25) is 0 Å². The quantitative estimate of drug-likeness (QED) is 0.772. The summed E-state index contributed by atoms with van der Waals surface area (Å²) in [7, 11) is 0. The van der Waals surface area contributed by atoms with E-state index in [0.29, 0.717) is 37.7 Å². The highest BCUT2D eigenvalue weighted by Gasteiger charge is 2.20. The van der Waals surface area contributed by atoms with E-state index in [-0.39, 0.29) is 24.4 Å². The van der Waals surface area contributed by atoms with Gasteiger partial charge in [0.05, 0.1) is 25.8 Å². The molecule has 6 nitrogen and oxygen atoms in total. The van der Waals surface area contributed by atoms with Crippen molar-refractivity contribution >= 4 is 11.8 Å². The van der Waals surface area contributed by atoms with Crippen LogP contribution < -0.4 is 14.8 Å². The molecule has 1 unspecified atom stereocenters. The van der Waals surface area contributed by atoms with E-state index in [1.165, 1.54) is 0 Å². The van der Waals surface area contributed by atoms with Crippen LogP contribution in [0.25, 0.3) is 0 Å². The van der Waals surface area contributed by atoms with Gasteiger partial charge in [-0.25, -0.2) is 0 Å². The molecule has 1 atom stereocenters. The fraction of sp³-hybridized carbons (Fsp3) is 0.600. The minimum absolute atomic E-state index is 0.0741. The van der Waals surface area contributed by atoms with Crippen LogP contribution >= 0.6 is 0 Å². The molecule has 0 saturated carbocycles. The Bertz CT molecular complexity index is 618. The molecule has 0 aromatic heterocycles. The molecule has 1 fully saturated rings. The van der Waals surface area contributed by atoms with Crippen molar-refractivity contribution in [1.82, 2.24) is 10.2 Å². The number of amides is 2. The molecule has 1 aromatic rings. The van der Waals surface area contributed by atoms with Gasteiger partial charge in [0.2, 0.25) is 11.8 Å². The second-order valence-electron chi connectivity index (χ2n) is 6.49.